The van der Waals surface area contributed by atoms with Crippen LogP contribution in [0.15, 0.2) is 36.4 Å². The number of rotatable bonds is 10. The van der Waals surface area contributed by atoms with Gasteiger partial charge in [0.1, 0.15) is 6.54 Å². The van der Waals surface area contributed by atoms with Crippen LogP contribution in [0.4, 0.5) is 5.69 Å². The first kappa shape index (κ1) is 23.5. The van der Waals surface area contributed by atoms with Gasteiger partial charge >= 0.3 is 0 Å². The summed E-state index contributed by atoms with van der Waals surface area (Å²) in [7, 11) is -3.63. The Balaban J connectivity index is 2.14. The molecule has 0 saturated carbocycles. The second-order valence-electron chi connectivity index (χ2n) is 6.93. The minimum atomic E-state index is -3.63. The lowest BCUT2D eigenvalue weighted by Crippen LogP contribution is -2.40. The monoisotopic (exact) mass is 434 g/mol. The minimum Gasteiger partial charge on any atom is -0.490 e. The molecule has 2 rings (SSSR count). The van der Waals surface area contributed by atoms with E-state index in [4.69, 9.17) is 9.47 Å². The lowest BCUT2D eigenvalue weighted by molar-refractivity contribution is -0.119. The third-order valence-electron chi connectivity index (χ3n) is 4.47. The van der Waals surface area contributed by atoms with E-state index in [1.54, 1.807) is 6.07 Å². The fraction of sp³-hybridized carbons (Fsp3) is 0.409. The highest BCUT2D eigenvalue weighted by Crippen LogP contribution is 2.29. The van der Waals surface area contributed by atoms with Crippen molar-refractivity contribution in [3.63, 3.8) is 0 Å². The van der Waals surface area contributed by atoms with E-state index in [0.29, 0.717) is 30.4 Å². The largest absolute Gasteiger partial charge is 0.490 e. The van der Waals surface area contributed by atoms with E-state index in [1.165, 1.54) is 0 Å². The van der Waals surface area contributed by atoms with E-state index in [-0.39, 0.29) is 13.1 Å². The molecule has 7 nitrogen and oxygen atoms in total. The van der Waals surface area contributed by atoms with Gasteiger partial charge in [0.05, 0.1) is 25.2 Å². The highest BCUT2D eigenvalue weighted by Gasteiger charge is 2.23. The Kier molecular flexibility index (Phi) is 8.11. The fourth-order valence-corrected chi connectivity index (χ4v) is 4.13. The van der Waals surface area contributed by atoms with Crippen LogP contribution >= 0.6 is 0 Å². The summed E-state index contributed by atoms with van der Waals surface area (Å²) < 4.78 is 37.1. The van der Waals surface area contributed by atoms with E-state index >= 15 is 0 Å². The lowest BCUT2D eigenvalue weighted by Gasteiger charge is -2.25. The Morgan fingerprint density at radius 2 is 1.60 bits per heavy atom. The van der Waals surface area contributed by atoms with Crippen LogP contribution in [0, 0.1) is 13.8 Å². The van der Waals surface area contributed by atoms with Gasteiger partial charge in [-0.3, -0.25) is 9.10 Å². The summed E-state index contributed by atoms with van der Waals surface area (Å²) in [6.45, 7) is 8.41. The molecule has 0 aliphatic carbocycles. The van der Waals surface area contributed by atoms with Crippen LogP contribution in [-0.2, 0) is 21.4 Å². The quantitative estimate of drug-likeness (QED) is 0.621. The van der Waals surface area contributed by atoms with Gasteiger partial charge in [-0.15, -0.1) is 0 Å². The number of aryl methyl sites for hydroxylation is 2. The number of nitrogens with one attached hydrogen (secondary N) is 1. The van der Waals surface area contributed by atoms with E-state index in [2.05, 4.69) is 5.32 Å². The molecule has 0 fully saturated rings. The molecule has 0 radical (unpaired) electrons. The minimum absolute atomic E-state index is 0.246. The van der Waals surface area contributed by atoms with Gasteiger partial charge in [-0.05, 0) is 56.5 Å². The number of carbonyl (C=O) groups excluding carboxylic acids is 1. The highest BCUT2D eigenvalue weighted by atomic mass is 32.2. The summed E-state index contributed by atoms with van der Waals surface area (Å²) in [6, 6.07) is 11.0. The number of hydrogen-bond donors (Lipinski definition) is 1. The molecule has 1 N–H and O–H groups in total. The molecule has 0 spiro atoms. The van der Waals surface area contributed by atoms with Crippen molar-refractivity contribution >= 4 is 21.6 Å². The topological polar surface area (TPSA) is 84.9 Å². The maximum Gasteiger partial charge on any atom is 0.241 e. The number of carbonyl (C=O) groups is 1. The number of hydrogen-bond acceptors (Lipinski definition) is 5. The molecule has 0 aromatic heterocycles. The standard InChI is InChI=1S/C22H30N2O5S/c1-6-28-19-12-11-18(13-20(19)29-7-2)14-23-21(25)15-24(30(5,26)27)22-16(3)9-8-10-17(22)4/h8-13H,6-7,14-15H2,1-5H3,(H,23,25). The molecule has 2 aromatic carbocycles. The van der Waals surface area contributed by atoms with Gasteiger partial charge in [-0.2, -0.15) is 0 Å². The van der Waals surface area contributed by atoms with Crippen molar-refractivity contribution in [2.24, 2.45) is 0 Å². The normalized spacial score (nSPS) is 11.1. The van der Waals surface area contributed by atoms with Crippen LogP contribution in [0.5, 0.6) is 11.5 Å². The van der Waals surface area contributed by atoms with Crippen LogP contribution in [-0.4, -0.2) is 40.3 Å². The van der Waals surface area contributed by atoms with Crippen molar-refractivity contribution in [1.29, 1.82) is 0 Å². The number of para-hydroxylation sites is 1. The average molecular weight is 435 g/mol. The van der Waals surface area contributed by atoms with E-state index in [0.717, 1.165) is 27.3 Å². The van der Waals surface area contributed by atoms with Crippen molar-refractivity contribution in [1.82, 2.24) is 5.32 Å². The third kappa shape index (κ3) is 6.13. The van der Waals surface area contributed by atoms with Crippen molar-refractivity contribution in [2.75, 3.05) is 30.3 Å². The van der Waals surface area contributed by atoms with Gasteiger partial charge in [-0.1, -0.05) is 24.3 Å². The van der Waals surface area contributed by atoms with Gasteiger partial charge in [0.25, 0.3) is 0 Å². The second kappa shape index (κ2) is 10.3. The van der Waals surface area contributed by atoms with Crippen LogP contribution in [0.1, 0.15) is 30.5 Å². The van der Waals surface area contributed by atoms with Crippen molar-refractivity contribution in [3.8, 4) is 11.5 Å². The average Bonchev–Trinajstić information content (AvgIpc) is 2.66. The smallest absolute Gasteiger partial charge is 0.241 e. The molecule has 0 heterocycles. The van der Waals surface area contributed by atoms with Crippen LogP contribution in [0.2, 0.25) is 0 Å². The number of anilines is 1. The highest BCUT2D eigenvalue weighted by molar-refractivity contribution is 7.92. The molecular weight excluding hydrogens is 404 g/mol. The predicted molar refractivity (Wildman–Crippen MR) is 119 cm³/mol. The van der Waals surface area contributed by atoms with Gasteiger partial charge in [0.2, 0.25) is 15.9 Å². The lowest BCUT2D eigenvalue weighted by atomic mass is 10.1. The van der Waals surface area contributed by atoms with Crippen LogP contribution in [0.3, 0.4) is 0 Å². The third-order valence-corrected chi connectivity index (χ3v) is 5.59. The molecular formula is C22H30N2O5S. The van der Waals surface area contributed by atoms with E-state index < -0.39 is 15.9 Å². The zero-order chi connectivity index (χ0) is 22.3. The molecule has 0 unspecified atom stereocenters. The number of ether oxygens (including phenoxy) is 2. The number of benzene rings is 2. The second-order valence-corrected chi connectivity index (χ2v) is 8.84. The summed E-state index contributed by atoms with van der Waals surface area (Å²) in [5.74, 6) is 0.863. The Morgan fingerprint density at radius 1 is 1.00 bits per heavy atom. The molecule has 164 valence electrons. The molecule has 0 saturated heterocycles. The first-order valence-electron chi connectivity index (χ1n) is 9.86. The van der Waals surface area contributed by atoms with Crippen molar-refractivity contribution < 1.29 is 22.7 Å². The summed E-state index contributed by atoms with van der Waals surface area (Å²) in [6.07, 6.45) is 1.10. The Hall–Kier alpha value is -2.74. The maximum atomic E-state index is 12.6. The number of nitrogens with zero attached hydrogens (tertiary/aromatic N) is 1. The number of sulfonamides is 1. The molecule has 0 aliphatic rings. The molecule has 1 amide bonds. The molecule has 0 aliphatic heterocycles. The Bertz CT molecular complexity index is 969. The Morgan fingerprint density at radius 3 is 2.17 bits per heavy atom. The molecule has 2 aromatic rings. The van der Waals surface area contributed by atoms with Gasteiger partial charge in [0, 0.05) is 6.54 Å². The van der Waals surface area contributed by atoms with Crippen molar-refractivity contribution in [2.45, 2.75) is 34.2 Å². The van der Waals surface area contributed by atoms with Gasteiger partial charge < -0.3 is 14.8 Å². The zero-order valence-electron chi connectivity index (χ0n) is 18.2. The summed E-state index contributed by atoms with van der Waals surface area (Å²) >= 11 is 0. The van der Waals surface area contributed by atoms with Crippen LogP contribution < -0.4 is 19.1 Å². The Labute approximate surface area is 179 Å². The zero-order valence-corrected chi connectivity index (χ0v) is 19.0. The number of amides is 1. The summed E-state index contributed by atoms with van der Waals surface area (Å²) in [5, 5.41) is 2.79. The van der Waals surface area contributed by atoms with Crippen molar-refractivity contribution in [3.05, 3.63) is 53.1 Å². The van der Waals surface area contributed by atoms with Gasteiger partial charge in [-0.25, -0.2) is 8.42 Å². The predicted octanol–water partition coefficient (Wildman–Crippen LogP) is 3.18. The fourth-order valence-electron chi connectivity index (χ4n) is 3.15. The molecule has 0 atom stereocenters. The SMILES string of the molecule is CCOc1ccc(CNC(=O)CN(c2c(C)cccc2C)S(C)(=O)=O)cc1OCC. The van der Waals surface area contributed by atoms with Gasteiger partial charge in [0.15, 0.2) is 11.5 Å². The van der Waals surface area contributed by atoms with E-state index in [9.17, 15) is 13.2 Å². The molecule has 30 heavy (non-hydrogen) atoms. The molecule has 8 heteroatoms. The van der Waals surface area contributed by atoms with E-state index in [1.807, 2.05) is 58.0 Å². The first-order valence-corrected chi connectivity index (χ1v) is 11.7. The first-order chi connectivity index (χ1) is 14.2. The summed E-state index contributed by atoms with van der Waals surface area (Å²) in [5.41, 5.74) is 2.95. The summed E-state index contributed by atoms with van der Waals surface area (Å²) in [4.78, 5) is 12.6. The maximum absolute atomic E-state index is 12.6. The molecule has 0 bridgehead atoms. The van der Waals surface area contributed by atoms with Crippen LogP contribution in [0.25, 0.3) is 0 Å².